The van der Waals surface area contributed by atoms with E-state index >= 15 is 0 Å². The van der Waals surface area contributed by atoms with Gasteiger partial charge in [0.2, 0.25) is 11.8 Å². The second kappa shape index (κ2) is 16.2. The predicted octanol–water partition coefficient (Wildman–Crippen LogP) is 7.76. The summed E-state index contributed by atoms with van der Waals surface area (Å²) in [5.74, 6) is 2.05. The molecule has 3 aliphatic heterocycles. The summed E-state index contributed by atoms with van der Waals surface area (Å²) in [6.45, 7) is 9.39. The first kappa shape index (κ1) is 38.6. The maximum Gasteiger partial charge on any atom is 0.416 e. The van der Waals surface area contributed by atoms with Crippen LogP contribution in [0, 0.1) is 5.92 Å². The summed E-state index contributed by atoms with van der Waals surface area (Å²) in [7, 11) is 3.29. The number of aromatic nitrogens is 1. The molecule has 2 amide bonds. The van der Waals surface area contributed by atoms with Gasteiger partial charge in [0, 0.05) is 68.0 Å². The summed E-state index contributed by atoms with van der Waals surface area (Å²) in [6.07, 6.45) is -0.967. The molecule has 55 heavy (non-hydrogen) atoms. The van der Waals surface area contributed by atoms with Crippen LogP contribution in [-0.4, -0.2) is 105 Å². The second-order valence-electron chi connectivity index (χ2n) is 15.5. The smallest absolute Gasteiger partial charge is 0.416 e. The summed E-state index contributed by atoms with van der Waals surface area (Å²) in [4.78, 5) is 38.7. The van der Waals surface area contributed by atoms with Gasteiger partial charge in [0.05, 0.1) is 37.9 Å². The molecule has 1 unspecified atom stereocenters. The van der Waals surface area contributed by atoms with Crippen molar-refractivity contribution in [2.24, 2.45) is 5.92 Å². The molecule has 3 aromatic carbocycles. The predicted molar refractivity (Wildman–Crippen MR) is 209 cm³/mol. The van der Waals surface area contributed by atoms with Crippen molar-refractivity contribution < 1.29 is 32.2 Å². The Kier molecular flexibility index (Phi) is 11.3. The molecule has 1 N–H and O–H groups in total. The Hall–Kier alpha value is -4.71. The fraction of sp³-hybridized carbons (Fsp3) is 0.488. The number of piperidine rings is 2. The van der Waals surface area contributed by atoms with Crippen molar-refractivity contribution in [3.63, 3.8) is 0 Å². The van der Waals surface area contributed by atoms with Crippen LogP contribution in [0.1, 0.15) is 68.1 Å². The van der Waals surface area contributed by atoms with Crippen LogP contribution in [0.25, 0.3) is 22.2 Å². The summed E-state index contributed by atoms with van der Waals surface area (Å²) in [6, 6.07) is 18.1. The van der Waals surface area contributed by atoms with Crippen molar-refractivity contribution in [2.75, 3.05) is 78.0 Å². The molecule has 1 aromatic heterocycles. The lowest BCUT2D eigenvalue weighted by molar-refractivity contribution is -0.140. The van der Waals surface area contributed by atoms with Crippen molar-refractivity contribution in [3.8, 4) is 22.8 Å². The van der Waals surface area contributed by atoms with Gasteiger partial charge in [0.1, 0.15) is 0 Å². The Morgan fingerprint density at radius 2 is 1.58 bits per heavy atom. The van der Waals surface area contributed by atoms with Crippen molar-refractivity contribution >= 4 is 28.4 Å². The molecule has 0 radical (unpaired) electrons. The topological polar surface area (TPSA) is 81.3 Å². The monoisotopic (exact) mass is 759 g/mol. The van der Waals surface area contributed by atoms with E-state index in [0.717, 1.165) is 55.1 Å². The fourth-order valence-electron chi connectivity index (χ4n) is 8.78. The van der Waals surface area contributed by atoms with E-state index in [1.54, 1.807) is 20.3 Å². The molecule has 0 aliphatic carbocycles. The van der Waals surface area contributed by atoms with Gasteiger partial charge in [-0.25, -0.2) is 0 Å². The first-order chi connectivity index (χ1) is 26.4. The van der Waals surface area contributed by atoms with Crippen LogP contribution in [0.3, 0.4) is 0 Å². The summed E-state index contributed by atoms with van der Waals surface area (Å²) < 4.78 is 50.8. The minimum absolute atomic E-state index is 0.0810. The number of rotatable bonds is 9. The first-order valence-electron chi connectivity index (χ1n) is 19.5. The number of likely N-dealkylation sites (tertiary alicyclic amines) is 2. The number of methoxy groups -OCH3 is 2. The lowest BCUT2D eigenvalue weighted by atomic mass is 9.87. The van der Waals surface area contributed by atoms with Gasteiger partial charge >= 0.3 is 6.18 Å². The standard InChI is InChI=1S/C43H52F3N5O4/c1-28(2)40-35-23-30(10-12-36(35)47-41(40)31-11-13-37(54-3)38(24-31)55-4)29-14-17-50(18-15-29)39(52)27-48-16-6-7-32(26-48)42(53)51-21-19-49(20-22-51)34-9-5-8-33(25-34)43(44,45)46/h5,8-13,23-25,28-29,32,47H,6-7,14-22,26-27H2,1-4H3. The van der Waals surface area contributed by atoms with E-state index in [4.69, 9.17) is 9.47 Å². The molecule has 0 saturated carbocycles. The third-order valence-corrected chi connectivity index (χ3v) is 11.8. The summed E-state index contributed by atoms with van der Waals surface area (Å²) >= 11 is 0. The highest BCUT2D eigenvalue weighted by Gasteiger charge is 2.34. The van der Waals surface area contributed by atoms with Gasteiger partial charge in [0.25, 0.3) is 0 Å². The Morgan fingerprint density at radius 1 is 0.836 bits per heavy atom. The number of nitrogens with one attached hydrogen (secondary N) is 1. The number of hydrogen-bond acceptors (Lipinski definition) is 6. The van der Waals surface area contributed by atoms with Gasteiger partial charge in [0.15, 0.2) is 11.5 Å². The van der Waals surface area contributed by atoms with Gasteiger partial charge < -0.3 is 29.2 Å². The highest BCUT2D eigenvalue weighted by Crippen LogP contribution is 2.41. The minimum Gasteiger partial charge on any atom is -0.493 e. The van der Waals surface area contributed by atoms with Crippen LogP contribution < -0.4 is 14.4 Å². The molecule has 12 heteroatoms. The number of carbonyl (C=O) groups excluding carboxylic acids is 2. The van der Waals surface area contributed by atoms with E-state index in [9.17, 15) is 22.8 Å². The first-order valence-corrected chi connectivity index (χ1v) is 19.5. The van der Waals surface area contributed by atoms with Gasteiger partial charge in [-0.3, -0.25) is 14.5 Å². The third-order valence-electron chi connectivity index (χ3n) is 11.8. The number of hydrogen-bond donors (Lipinski definition) is 1. The van der Waals surface area contributed by atoms with E-state index in [1.807, 2.05) is 26.8 Å². The molecule has 4 heterocycles. The number of fused-ring (bicyclic) bond motifs is 1. The molecule has 3 saturated heterocycles. The SMILES string of the molecule is COc1ccc(-c2[nH]c3ccc(C4CCN(C(=O)CN5CCCC(C(=O)N6CCN(c7cccc(C(F)(F)F)c7)CC6)C5)CC4)cc3c2C(C)C)cc1OC. The van der Waals surface area contributed by atoms with Crippen LogP contribution >= 0.6 is 0 Å². The Balaban J connectivity index is 0.925. The largest absolute Gasteiger partial charge is 0.493 e. The zero-order valence-electron chi connectivity index (χ0n) is 32.3. The highest BCUT2D eigenvalue weighted by atomic mass is 19.4. The Morgan fingerprint density at radius 3 is 2.27 bits per heavy atom. The van der Waals surface area contributed by atoms with E-state index in [-0.39, 0.29) is 17.7 Å². The number of amides is 2. The number of aromatic amines is 1. The fourth-order valence-corrected chi connectivity index (χ4v) is 8.78. The molecular weight excluding hydrogens is 707 g/mol. The number of halogens is 3. The highest BCUT2D eigenvalue weighted by molar-refractivity contribution is 5.92. The minimum atomic E-state index is -4.39. The second-order valence-corrected chi connectivity index (χ2v) is 15.5. The Bertz CT molecular complexity index is 2000. The molecule has 3 aliphatic rings. The number of carbonyl (C=O) groups is 2. The van der Waals surface area contributed by atoms with Crippen molar-refractivity contribution in [1.29, 1.82) is 0 Å². The maximum atomic E-state index is 13.6. The van der Waals surface area contributed by atoms with Gasteiger partial charge in [-0.05, 0) is 104 Å². The molecular formula is C43H52F3N5O4. The Labute approximate surface area is 321 Å². The summed E-state index contributed by atoms with van der Waals surface area (Å²) in [5.41, 5.74) is 5.66. The van der Waals surface area contributed by atoms with E-state index in [1.165, 1.54) is 28.6 Å². The van der Waals surface area contributed by atoms with Gasteiger partial charge in [-0.2, -0.15) is 13.2 Å². The third kappa shape index (κ3) is 8.29. The van der Waals surface area contributed by atoms with Crippen molar-refractivity contribution in [1.82, 2.24) is 19.7 Å². The number of piperazine rings is 1. The van der Waals surface area contributed by atoms with E-state index in [0.29, 0.717) is 81.4 Å². The molecule has 4 aromatic rings. The van der Waals surface area contributed by atoms with Gasteiger partial charge in [-0.1, -0.05) is 26.0 Å². The molecule has 1 atom stereocenters. The van der Waals surface area contributed by atoms with Crippen LogP contribution in [0.4, 0.5) is 18.9 Å². The number of nitrogens with zero attached hydrogens (tertiary/aromatic N) is 4. The number of H-pyrrole nitrogens is 1. The maximum absolute atomic E-state index is 13.6. The lowest BCUT2D eigenvalue weighted by Gasteiger charge is -2.40. The molecule has 9 nitrogen and oxygen atoms in total. The van der Waals surface area contributed by atoms with E-state index in [2.05, 4.69) is 48.0 Å². The zero-order chi connectivity index (χ0) is 38.9. The van der Waals surface area contributed by atoms with Crippen LogP contribution in [0.2, 0.25) is 0 Å². The van der Waals surface area contributed by atoms with E-state index < -0.39 is 11.7 Å². The lowest BCUT2D eigenvalue weighted by Crippen LogP contribution is -2.53. The zero-order valence-corrected chi connectivity index (χ0v) is 32.3. The van der Waals surface area contributed by atoms with Crippen LogP contribution in [-0.2, 0) is 15.8 Å². The number of anilines is 1. The molecule has 7 rings (SSSR count). The van der Waals surface area contributed by atoms with Crippen molar-refractivity contribution in [3.05, 3.63) is 77.4 Å². The molecule has 294 valence electrons. The quantitative estimate of drug-likeness (QED) is 0.188. The van der Waals surface area contributed by atoms with Crippen LogP contribution in [0.15, 0.2) is 60.7 Å². The molecule has 0 bridgehead atoms. The number of ether oxygens (including phenoxy) is 2. The van der Waals surface area contributed by atoms with Gasteiger partial charge in [-0.15, -0.1) is 0 Å². The average Bonchev–Trinajstić information content (AvgIpc) is 3.59. The van der Waals surface area contributed by atoms with Crippen LogP contribution in [0.5, 0.6) is 11.5 Å². The normalized spacial score (nSPS) is 19.0. The average molecular weight is 760 g/mol. The summed E-state index contributed by atoms with van der Waals surface area (Å²) in [5, 5.41) is 1.22. The molecule has 3 fully saturated rings. The van der Waals surface area contributed by atoms with Crippen molar-refractivity contribution in [2.45, 2.75) is 57.5 Å². The number of benzene rings is 3. The number of alkyl halides is 3. The molecule has 0 spiro atoms.